The van der Waals surface area contributed by atoms with E-state index in [9.17, 15) is 4.79 Å². The molecule has 1 aromatic heterocycles. The topological polar surface area (TPSA) is 64.1 Å². The van der Waals surface area contributed by atoms with Crippen LogP contribution in [0.25, 0.3) is 6.08 Å². The number of hydrogen-bond donors (Lipinski definition) is 1. The quantitative estimate of drug-likeness (QED) is 0.590. The summed E-state index contributed by atoms with van der Waals surface area (Å²) in [6, 6.07) is 17.7. The number of aromatic nitrogens is 2. The molecule has 1 heterocycles. The Morgan fingerprint density at radius 2 is 1.89 bits per heavy atom. The van der Waals surface area contributed by atoms with Gasteiger partial charge in [-0.05, 0) is 35.8 Å². The van der Waals surface area contributed by atoms with Crippen LogP contribution in [0.3, 0.4) is 0 Å². The SMILES string of the molecule is CCc1ccc(OCCc2nnc(NC(=O)/C=C/c3ccccc3)s2)cc1. The van der Waals surface area contributed by atoms with Crippen LogP contribution in [0.1, 0.15) is 23.1 Å². The molecule has 1 amide bonds. The van der Waals surface area contributed by atoms with Gasteiger partial charge in [-0.15, -0.1) is 10.2 Å². The molecule has 0 saturated heterocycles. The second kappa shape index (κ2) is 9.64. The van der Waals surface area contributed by atoms with Gasteiger partial charge < -0.3 is 4.74 Å². The smallest absolute Gasteiger partial charge is 0.250 e. The van der Waals surface area contributed by atoms with Gasteiger partial charge in [-0.3, -0.25) is 10.1 Å². The van der Waals surface area contributed by atoms with Crippen molar-refractivity contribution < 1.29 is 9.53 Å². The number of benzene rings is 2. The Kier molecular flexibility index (Phi) is 6.71. The number of ether oxygens (including phenoxy) is 1. The number of anilines is 1. The van der Waals surface area contributed by atoms with E-state index in [0.29, 0.717) is 18.2 Å². The summed E-state index contributed by atoms with van der Waals surface area (Å²) in [5.41, 5.74) is 2.25. The molecule has 3 rings (SSSR count). The van der Waals surface area contributed by atoms with Gasteiger partial charge >= 0.3 is 0 Å². The fourth-order valence-corrected chi connectivity index (χ4v) is 3.09. The van der Waals surface area contributed by atoms with Crippen LogP contribution in [0, 0.1) is 0 Å². The van der Waals surface area contributed by atoms with E-state index in [1.807, 2.05) is 42.5 Å². The van der Waals surface area contributed by atoms with Crippen LogP contribution >= 0.6 is 11.3 Å². The summed E-state index contributed by atoms with van der Waals surface area (Å²) in [7, 11) is 0. The first-order valence-corrected chi connectivity index (χ1v) is 9.63. The number of aryl methyl sites for hydroxylation is 1. The lowest BCUT2D eigenvalue weighted by Gasteiger charge is -2.05. The van der Waals surface area contributed by atoms with Gasteiger partial charge in [-0.2, -0.15) is 0 Å². The third-order valence-corrected chi connectivity index (χ3v) is 4.74. The Bertz CT molecular complexity index is 889. The van der Waals surface area contributed by atoms with Gasteiger partial charge in [0.15, 0.2) is 0 Å². The Morgan fingerprint density at radius 3 is 2.63 bits per heavy atom. The molecular formula is C21H21N3O2S. The fraction of sp³-hybridized carbons (Fsp3) is 0.190. The highest BCUT2D eigenvalue weighted by atomic mass is 32.1. The number of carbonyl (C=O) groups excluding carboxylic acids is 1. The molecule has 6 heteroatoms. The molecule has 27 heavy (non-hydrogen) atoms. The van der Waals surface area contributed by atoms with Crippen LogP contribution in [-0.2, 0) is 17.6 Å². The van der Waals surface area contributed by atoms with Crippen LogP contribution in [0.4, 0.5) is 5.13 Å². The molecule has 0 aliphatic carbocycles. The molecule has 0 radical (unpaired) electrons. The molecule has 0 aliphatic rings. The van der Waals surface area contributed by atoms with E-state index in [1.54, 1.807) is 6.08 Å². The van der Waals surface area contributed by atoms with Crippen LogP contribution in [0.2, 0.25) is 0 Å². The summed E-state index contributed by atoms with van der Waals surface area (Å²) < 4.78 is 5.73. The monoisotopic (exact) mass is 379 g/mol. The normalized spacial score (nSPS) is 10.9. The molecule has 138 valence electrons. The molecule has 0 bridgehead atoms. The van der Waals surface area contributed by atoms with E-state index < -0.39 is 0 Å². The summed E-state index contributed by atoms with van der Waals surface area (Å²) in [4.78, 5) is 12.0. The van der Waals surface area contributed by atoms with Crippen LogP contribution < -0.4 is 10.1 Å². The van der Waals surface area contributed by atoms with E-state index in [2.05, 4.69) is 34.6 Å². The molecule has 0 unspecified atom stereocenters. The zero-order valence-electron chi connectivity index (χ0n) is 15.1. The largest absolute Gasteiger partial charge is 0.493 e. The Balaban J connectivity index is 1.45. The molecule has 0 atom stereocenters. The summed E-state index contributed by atoms with van der Waals surface area (Å²) in [5, 5.41) is 12.1. The Morgan fingerprint density at radius 1 is 1.11 bits per heavy atom. The second-order valence-electron chi connectivity index (χ2n) is 5.83. The maximum Gasteiger partial charge on any atom is 0.250 e. The molecule has 1 N–H and O–H groups in total. The first-order valence-electron chi connectivity index (χ1n) is 8.81. The molecule has 0 spiro atoms. The van der Waals surface area contributed by atoms with Gasteiger partial charge in [-0.1, -0.05) is 60.7 Å². The Hall–Kier alpha value is -2.99. The molecule has 5 nitrogen and oxygen atoms in total. The highest BCUT2D eigenvalue weighted by Gasteiger charge is 2.06. The first kappa shape index (κ1) is 18.8. The maximum atomic E-state index is 12.0. The molecular weight excluding hydrogens is 358 g/mol. The van der Waals surface area contributed by atoms with Gasteiger partial charge in [0.05, 0.1) is 6.61 Å². The first-order chi connectivity index (χ1) is 13.2. The molecule has 2 aromatic carbocycles. The highest BCUT2D eigenvalue weighted by molar-refractivity contribution is 7.15. The molecule has 0 fully saturated rings. The zero-order chi connectivity index (χ0) is 18.9. The van der Waals surface area contributed by atoms with E-state index in [1.165, 1.54) is 23.0 Å². The van der Waals surface area contributed by atoms with Crippen molar-refractivity contribution in [2.24, 2.45) is 0 Å². The van der Waals surface area contributed by atoms with E-state index in [4.69, 9.17) is 4.74 Å². The van der Waals surface area contributed by atoms with Crippen molar-refractivity contribution in [2.45, 2.75) is 19.8 Å². The Labute approximate surface area is 162 Å². The van der Waals surface area contributed by atoms with E-state index in [-0.39, 0.29) is 5.91 Å². The third-order valence-electron chi connectivity index (χ3n) is 3.84. The lowest BCUT2D eigenvalue weighted by Crippen LogP contribution is -2.07. The van der Waals surface area contributed by atoms with Gasteiger partial charge in [-0.25, -0.2) is 0 Å². The minimum absolute atomic E-state index is 0.228. The van der Waals surface area contributed by atoms with Crippen molar-refractivity contribution in [1.82, 2.24) is 10.2 Å². The number of amides is 1. The van der Waals surface area contributed by atoms with Crippen molar-refractivity contribution in [3.8, 4) is 5.75 Å². The average molecular weight is 379 g/mol. The van der Waals surface area contributed by atoms with Gasteiger partial charge in [0.2, 0.25) is 11.0 Å². The average Bonchev–Trinajstić information content (AvgIpc) is 3.15. The van der Waals surface area contributed by atoms with Crippen LogP contribution in [0.5, 0.6) is 5.75 Å². The van der Waals surface area contributed by atoms with Crippen molar-refractivity contribution in [2.75, 3.05) is 11.9 Å². The third kappa shape index (κ3) is 6.04. The van der Waals surface area contributed by atoms with Crippen LogP contribution in [0.15, 0.2) is 60.7 Å². The van der Waals surface area contributed by atoms with E-state index >= 15 is 0 Å². The summed E-state index contributed by atoms with van der Waals surface area (Å²) >= 11 is 1.36. The molecule has 3 aromatic rings. The van der Waals surface area contributed by atoms with Gasteiger partial charge in [0.25, 0.3) is 0 Å². The second-order valence-corrected chi connectivity index (χ2v) is 6.89. The molecule has 0 aliphatic heterocycles. The van der Waals surface area contributed by atoms with Gasteiger partial charge in [0, 0.05) is 12.5 Å². The predicted molar refractivity (Wildman–Crippen MR) is 109 cm³/mol. The molecule has 0 saturated carbocycles. The fourth-order valence-electron chi connectivity index (χ4n) is 2.37. The number of nitrogens with one attached hydrogen (secondary N) is 1. The predicted octanol–water partition coefficient (Wildman–Crippen LogP) is 4.37. The minimum Gasteiger partial charge on any atom is -0.493 e. The lowest BCUT2D eigenvalue weighted by atomic mass is 10.2. The standard InChI is InChI=1S/C21H21N3O2S/c1-2-16-8-11-18(12-9-16)26-15-14-20-23-24-21(27-20)22-19(25)13-10-17-6-4-3-5-7-17/h3-13H,2,14-15H2,1H3,(H,22,24,25)/b13-10+. The maximum absolute atomic E-state index is 12.0. The van der Waals surface area contributed by atoms with Crippen molar-refractivity contribution in [3.05, 3.63) is 76.8 Å². The number of carbonyl (C=O) groups is 1. The summed E-state index contributed by atoms with van der Waals surface area (Å²) in [5.74, 6) is 0.616. The van der Waals surface area contributed by atoms with Gasteiger partial charge in [0.1, 0.15) is 10.8 Å². The number of nitrogens with zero attached hydrogens (tertiary/aromatic N) is 2. The van der Waals surface area contributed by atoms with Crippen molar-refractivity contribution >= 4 is 28.5 Å². The number of rotatable bonds is 8. The zero-order valence-corrected chi connectivity index (χ0v) is 15.9. The van der Waals surface area contributed by atoms with Crippen molar-refractivity contribution in [1.29, 1.82) is 0 Å². The minimum atomic E-state index is -0.228. The van der Waals surface area contributed by atoms with E-state index in [0.717, 1.165) is 22.7 Å². The summed E-state index contributed by atoms with van der Waals surface area (Å²) in [6.45, 7) is 2.64. The number of hydrogen-bond acceptors (Lipinski definition) is 5. The van der Waals surface area contributed by atoms with Crippen LogP contribution in [-0.4, -0.2) is 22.7 Å². The van der Waals surface area contributed by atoms with Crippen molar-refractivity contribution in [3.63, 3.8) is 0 Å². The highest BCUT2D eigenvalue weighted by Crippen LogP contribution is 2.17. The summed E-state index contributed by atoms with van der Waals surface area (Å²) in [6.07, 6.45) is 4.90. The lowest BCUT2D eigenvalue weighted by molar-refractivity contribution is -0.111.